The first-order chi connectivity index (χ1) is 13.6. The Bertz CT molecular complexity index is 875. The molecule has 0 bridgehead atoms. The Morgan fingerprint density at radius 2 is 2.00 bits per heavy atom. The van der Waals surface area contributed by atoms with Crippen LogP contribution in [-0.2, 0) is 9.59 Å². The van der Waals surface area contributed by atoms with Crippen LogP contribution < -0.4 is 19.7 Å². The first kappa shape index (κ1) is 19.5. The van der Waals surface area contributed by atoms with E-state index in [1.807, 2.05) is 31.2 Å². The summed E-state index contributed by atoms with van der Waals surface area (Å²) in [7, 11) is 1.55. The van der Waals surface area contributed by atoms with Gasteiger partial charge in [-0.25, -0.2) is 0 Å². The van der Waals surface area contributed by atoms with Gasteiger partial charge in [0.2, 0.25) is 11.8 Å². The first-order valence-electron chi connectivity index (χ1n) is 9.31. The number of hydrogen-bond acceptors (Lipinski definition) is 4. The molecule has 1 aliphatic rings. The van der Waals surface area contributed by atoms with Gasteiger partial charge in [-0.15, -0.1) is 0 Å². The SMILES string of the molecule is CCOc1ccc(C=CC(=O)Nc2ccc(N3CCCC3=O)c(OC)c2)cc1. The lowest BCUT2D eigenvalue weighted by molar-refractivity contribution is -0.117. The number of nitrogens with one attached hydrogen (secondary N) is 1. The quantitative estimate of drug-likeness (QED) is 0.741. The van der Waals surface area contributed by atoms with Gasteiger partial charge in [0.1, 0.15) is 11.5 Å². The van der Waals surface area contributed by atoms with Crippen LogP contribution in [0.2, 0.25) is 0 Å². The van der Waals surface area contributed by atoms with Crippen LogP contribution in [0.25, 0.3) is 6.08 Å². The minimum Gasteiger partial charge on any atom is -0.494 e. The normalized spacial score (nSPS) is 13.8. The third-order valence-electron chi connectivity index (χ3n) is 4.43. The maximum Gasteiger partial charge on any atom is 0.248 e. The molecule has 3 rings (SSSR count). The van der Waals surface area contributed by atoms with Crippen LogP contribution in [0.3, 0.4) is 0 Å². The summed E-state index contributed by atoms with van der Waals surface area (Å²) in [6.07, 6.45) is 4.61. The molecule has 0 radical (unpaired) electrons. The van der Waals surface area contributed by atoms with Crippen molar-refractivity contribution < 1.29 is 19.1 Å². The van der Waals surface area contributed by atoms with Crippen LogP contribution in [0, 0.1) is 0 Å². The molecule has 1 saturated heterocycles. The predicted octanol–water partition coefficient (Wildman–Crippen LogP) is 3.87. The number of methoxy groups -OCH3 is 1. The van der Waals surface area contributed by atoms with Crippen molar-refractivity contribution >= 4 is 29.3 Å². The molecule has 0 atom stereocenters. The molecule has 0 aliphatic carbocycles. The number of nitrogens with zero attached hydrogens (tertiary/aromatic N) is 1. The number of anilines is 2. The average molecular weight is 380 g/mol. The molecule has 1 fully saturated rings. The van der Waals surface area contributed by atoms with Crippen molar-refractivity contribution in [2.75, 3.05) is 30.5 Å². The molecule has 6 nitrogen and oxygen atoms in total. The van der Waals surface area contributed by atoms with Crippen LogP contribution in [0.1, 0.15) is 25.3 Å². The van der Waals surface area contributed by atoms with Crippen molar-refractivity contribution in [3.8, 4) is 11.5 Å². The molecule has 28 heavy (non-hydrogen) atoms. The maximum atomic E-state index is 12.2. The second-order valence-electron chi connectivity index (χ2n) is 6.36. The number of carbonyl (C=O) groups is 2. The first-order valence-corrected chi connectivity index (χ1v) is 9.31. The Balaban J connectivity index is 1.65. The van der Waals surface area contributed by atoms with E-state index in [0.29, 0.717) is 31.0 Å². The highest BCUT2D eigenvalue weighted by Gasteiger charge is 2.24. The summed E-state index contributed by atoms with van der Waals surface area (Å²) in [4.78, 5) is 25.9. The predicted molar refractivity (Wildman–Crippen MR) is 110 cm³/mol. The molecule has 0 saturated carbocycles. The van der Waals surface area contributed by atoms with Crippen molar-refractivity contribution in [1.29, 1.82) is 0 Å². The van der Waals surface area contributed by atoms with Gasteiger partial charge in [0.15, 0.2) is 0 Å². The molecule has 1 N–H and O–H groups in total. The van der Waals surface area contributed by atoms with Crippen LogP contribution >= 0.6 is 0 Å². The number of benzene rings is 2. The topological polar surface area (TPSA) is 67.9 Å². The van der Waals surface area contributed by atoms with E-state index in [9.17, 15) is 9.59 Å². The fourth-order valence-corrected chi connectivity index (χ4v) is 3.08. The standard InChI is InChI=1S/C22H24N2O4/c1-3-28-18-10-6-16(7-11-18)8-13-21(25)23-17-9-12-19(20(15-17)27-2)24-14-4-5-22(24)26/h6-13,15H,3-5,14H2,1-2H3,(H,23,25). The number of amides is 2. The molecule has 1 aliphatic heterocycles. The molecule has 146 valence electrons. The summed E-state index contributed by atoms with van der Waals surface area (Å²) in [5.41, 5.74) is 2.24. The lowest BCUT2D eigenvalue weighted by atomic mass is 10.2. The monoisotopic (exact) mass is 380 g/mol. The van der Waals surface area contributed by atoms with Crippen molar-refractivity contribution in [1.82, 2.24) is 0 Å². The highest BCUT2D eigenvalue weighted by molar-refractivity contribution is 6.02. The largest absolute Gasteiger partial charge is 0.494 e. The van der Waals surface area contributed by atoms with E-state index in [1.54, 1.807) is 36.3 Å². The average Bonchev–Trinajstić information content (AvgIpc) is 3.13. The van der Waals surface area contributed by atoms with E-state index in [4.69, 9.17) is 9.47 Å². The maximum absolute atomic E-state index is 12.2. The highest BCUT2D eigenvalue weighted by Crippen LogP contribution is 2.33. The second-order valence-corrected chi connectivity index (χ2v) is 6.36. The van der Waals surface area contributed by atoms with Crippen LogP contribution in [0.5, 0.6) is 11.5 Å². The Morgan fingerprint density at radius 3 is 2.64 bits per heavy atom. The summed E-state index contributed by atoms with van der Waals surface area (Å²) < 4.78 is 10.8. The summed E-state index contributed by atoms with van der Waals surface area (Å²) in [6, 6.07) is 12.8. The fourth-order valence-electron chi connectivity index (χ4n) is 3.08. The summed E-state index contributed by atoms with van der Waals surface area (Å²) in [6.45, 7) is 3.24. The molecule has 2 aromatic rings. The molecule has 1 heterocycles. The third kappa shape index (κ3) is 4.71. The Kier molecular flexibility index (Phi) is 6.32. The molecule has 0 aromatic heterocycles. The highest BCUT2D eigenvalue weighted by atomic mass is 16.5. The van der Waals surface area contributed by atoms with Gasteiger partial charge in [-0.2, -0.15) is 0 Å². The van der Waals surface area contributed by atoms with Crippen molar-refractivity contribution in [3.05, 3.63) is 54.1 Å². The van der Waals surface area contributed by atoms with Gasteiger partial charge in [0.05, 0.1) is 19.4 Å². The number of carbonyl (C=O) groups excluding carboxylic acids is 2. The van der Waals surface area contributed by atoms with Crippen molar-refractivity contribution in [2.45, 2.75) is 19.8 Å². The summed E-state index contributed by atoms with van der Waals surface area (Å²) >= 11 is 0. The van der Waals surface area contributed by atoms with Gasteiger partial charge in [-0.3, -0.25) is 9.59 Å². The number of hydrogen-bond donors (Lipinski definition) is 1. The van der Waals surface area contributed by atoms with Crippen LogP contribution in [0.4, 0.5) is 11.4 Å². The van der Waals surface area contributed by atoms with Gasteiger partial charge < -0.3 is 19.7 Å². The van der Waals surface area contributed by atoms with Gasteiger partial charge in [-0.05, 0) is 49.2 Å². The molecule has 0 unspecified atom stereocenters. The van der Waals surface area contributed by atoms with Gasteiger partial charge >= 0.3 is 0 Å². The third-order valence-corrected chi connectivity index (χ3v) is 4.43. The van der Waals surface area contributed by atoms with Gasteiger partial charge in [-0.1, -0.05) is 12.1 Å². The van der Waals surface area contributed by atoms with E-state index in [0.717, 1.165) is 23.4 Å². The Morgan fingerprint density at radius 1 is 1.21 bits per heavy atom. The Labute approximate surface area is 164 Å². The van der Waals surface area contributed by atoms with Crippen molar-refractivity contribution in [3.63, 3.8) is 0 Å². The fraction of sp³-hybridized carbons (Fsp3) is 0.273. The van der Waals surface area contributed by atoms with Crippen LogP contribution in [0.15, 0.2) is 48.5 Å². The molecule has 2 aromatic carbocycles. The zero-order valence-corrected chi connectivity index (χ0v) is 16.1. The zero-order chi connectivity index (χ0) is 19.9. The molecular formula is C22H24N2O4. The van der Waals surface area contributed by atoms with Gasteiger partial charge in [0, 0.05) is 30.8 Å². The smallest absolute Gasteiger partial charge is 0.248 e. The van der Waals surface area contributed by atoms with E-state index in [2.05, 4.69) is 5.32 Å². The summed E-state index contributed by atoms with van der Waals surface area (Å²) in [5, 5.41) is 2.81. The second kappa shape index (κ2) is 9.08. The van der Waals surface area contributed by atoms with Gasteiger partial charge in [0.25, 0.3) is 0 Å². The molecule has 2 amide bonds. The van der Waals surface area contributed by atoms with Crippen molar-refractivity contribution in [2.24, 2.45) is 0 Å². The number of ether oxygens (including phenoxy) is 2. The minimum atomic E-state index is -0.249. The lowest BCUT2D eigenvalue weighted by Gasteiger charge is -2.19. The number of rotatable bonds is 7. The lowest BCUT2D eigenvalue weighted by Crippen LogP contribution is -2.24. The molecule has 6 heteroatoms. The van der Waals surface area contributed by atoms with E-state index < -0.39 is 0 Å². The molecule has 0 spiro atoms. The van der Waals surface area contributed by atoms with E-state index >= 15 is 0 Å². The van der Waals surface area contributed by atoms with E-state index in [-0.39, 0.29) is 11.8 Å². The molecular weight excluding hydrogens is 356 g/mol. The van der Waals surface area contributed by atoms with Crippen LogP contribution in [-0.4, -0.2) is 32.1 Å². The Hall–Kier alpha value is -3.28. The minimum absolute atomic E-state index is 0.0911. The summed E-state index contributed by atoms with van der Waals surface area (Å²) in [5.74, 6) is 1.20. The zero-order valence-electron chi connectivity index (χ0n) is 16.1. The van der Waals surface area contributed by atoms with E-state index in [1.165, 1.54) is 6.08 Å².